The van der Waals surface area contributed by atoms with E-state index in [1.807, 2.05) is 6.92 Å². The van der Waals surface area contributed by atoms with Gasteiger partial charge in [-0.2, -0.15) is 0 Å². The first-order chi connectivity index (χ1) is 14.2. The van der Waals surface area contributed by atoms with Crippen molar-refractivity contribution in [3.8, 4) is 5.75 Å². The number of aliphatic hydroxyl groups excluding tert-OH is 1. The number of ether oxygens (including phenoxy) is 1. The van der Waals surface area contributed by atoms with Crippen molar-refractivity contribution in [1.29, 1.82) is 5.41 Å². The minimum absolute atomic E-state index is 0. The molecule has 172 valence electrons. The van der Waals surface area contributed by atoms with Gasteiger partial charge in [-0.1, -0.05) is 24.9 Å². The number of hydrogen-bond donors (Lipinski definition) is 5. The minimum atomic E-state index is -1.03. The number of aliphatic imine (C=N–C) groups is 1. The molecule has 1 aromatic carbocycles. The summed E-state index contributed by atoms with van der Waals surface area (Å²) in [7, 11) is 0. The third-order valence-corrected chi connectivity index (χ3v) is 4.64. The minimum Gasteiger partial charge on any atom is -0.491 e. The highest BCUT2D eigenvalue weighted by Gasteiger charge is 2.34. The third kappa shape index (κ3) is 6.47. The van der Waals surface area contributed by atoms with Crippen LogP contribution >= 0.6 is 24.0 Å². The number of primary amides is 1. The van der Waals surface area contributed by atoms with E-state index in [1.165, 1.54) is 4.90 Å². The number of hydrogen-bond acceptors (Lipinski definition) is 7. The van der Waals surface area contributed by atoms with E-state index >= 15 is 0 Å². The Bertz CT molecular complexity index is 843. The first-order valence-corrected chi connectivity index (χ1v) is 9.90. The number of nitrogens with two attached hydrogens (primary N) is 3. The molecule has 12 heteroatoms. The number of nitrogens with zero attached hydrogens (tertiary/aromatic N) is 3. The van der Waals surface area contributed by atoms with Gasteiger partial charge < -0.3 is 31.9 Å². The fraction of sp³-hybridized carbons (Fsp3) is 0.421. The Morgan fingerprint density at radius 2 is 2.03 bits per heavy atom. The molecule has 10 nitrogen and oxygen atoms in total. The summed E-state index contributed by atoms with van der Waals surface area (Å²) in [6.45, 7) is 4.34. The molecule has 1 heterocycles. The molecule has 1 aromatic rings. The summed E-state index contributed by atoms with van der Waals surface area (Å²) in [5, 5.41) is 18.0. The van der Waals surface area contributed by atoms with Gasteiger partial charge in [0.1, 0.15) is 29.5 Å². The largest absolute Gasteiger partial charge is 0.491 e. The maximum absolute atomic E-state index is 11.7. The summed E-state index contributed by atoms with van der Waals surface area (Å²) in [5.41, 5.74) is 17.9. The highest BCUT2D eigenvalue weighted by Crippen LogP contribution is 2.25. The maximum Gasteiger partial charge on any atom is 0.271 e. The Morgan fingerprint density at radius 3 is 2.55 bits per heavy atom. The van der Waals surface area contributed by atoms with E-state index < -0.39 is 18.2 Å². The van der Waals surface area contributed by atoms with E-state index in [2.05, 4.69) is 4.99 Å². The number of nitrogens with one attached hydrogen (secondary N) is 1. The number of carbonyl (C=O) groups is 1. The second-order valence-electron chi connectivity index (χ2n) is 6.83. The van der Waals surface area contributed by atoms with Crippen LogP contribution in [0.4, 0.5) is 5.69 Å². The molecule has 0 aliphatic carbocycles. The van der Waals surface area contributed by atoms with Gasteiger partial charge in [0.05, 0.1) is 6.10 Å². The number of benzene rings is 1. The van der Waals surface area contributed by atoms with Crippen LogP contribution in [0.25, 0.3) is 0 Å². The zero-order valence-corrected chi connectivity index (χ0v) is 19.0. The van der Waals surface area contributed by atoms with Gasteiger partial charge in [0.2, 0.25) is 5.96 Å². The topological polar surface area (TPSA) is 167 Å². The van der Waals surface area contributed by atoms with Crippen LogP contribution < -0.4 is 26.8 Å². The number of aliphatic hydroxyl groups is 1. The quantitative estimate of drug-likeness (QED) is 0.279. The second-order valence-corrected chi connectivity index (χ2v) is 7.22. The summed E-state index contributed by atoms with van der Waals surface area (Å²) in [4.78, 5) is 18.5. The molecule has 0 spiro atoms. The fourth-order valence-corrected chi connectivity index (χ4v) is 2.95. The molecule has 0 bridgehead atoms. The molecule has 0 saturated heterocycles. The van der Waals surface area contributed by atoms with Gasteiger partial charge in [0.25, 0.3) is 5.91 Å². The normalized spacial score (nSPS) is 16.9. The monoisotopic (exact) mass is 473 g/mol. The predicted octanol–water partition coefficient (Wildman–Crippen LogP) is 1.26. The molecule has 2 rings (SSSR count). The molecule has 0 fully saturated rings. The lowest BCUT2D eigenvalue weighted by atomic mass is 10.2. The van der Waals surface area contributed by atoms with E-state index in [-0.39, 0.29) is 41.7 Å². The summed E-state index contributed by atoms with van der Waals surface area (Å²) < 4.78 is 5.48. The lowest BCUT2D eigenvalue weighted by Gasteiger charge is -2.38. The summed E-state index contributed by atoms with van der Waals surface area (Å²) in [6.07, 6.45) is 0.0749. The molecule has 0 saturated carbocycles. The molecule has 1 amide bonds. The van der Waals surface area contributed by atoms with Gasteiger partial charge in [-0.15, -0.1) is 12.4 Å². The lowest BCUT2D eigenvalue weighted by molar-refractivity contribution is -0.114. The Morgan fingerprint density at radius 1 is 1.42 bits per heavy atom. The SMILES string of the molecule is CCCCN(C(=N)N1C(N)=C(C(N)=O)N=C(Cl)C1N)c1ccc(OCC(C)O)cc1.Cl. The molecule has 1 aliphatic rings. The number of guanidine groups is 1. The van der Waals surface area contributed by atoms with Crippen molar-refractivity contribution in [3.05, 3.63) is 35.8 Å². The van der Waals surface area contributed by atoms with Gasteiger partial charge in [-0.3, -0.25) is 15.1 Å². The van der Waals surface area contributed by atoms with E-state index in [0.717, 1.165) is 12.8 Å². The van der Waals surface area contributed by atoms with Crippen molar-refractivity contribution in [2.45, 2.75) is 39.0 Å². The van der Waals surface area contributed by atoms with Crippen LogP contribution in [0.1, 0.15) is 26.7 Å². The fourth-order valence-electron chi connectivity index (χ4n) is 2.77. The van der Waals surface area contributed by atoms with Crippen LogP contribution in [-0.4, -0.2) is 52.5 Å². The lowest BCUT2D eigenvalue weighted by Crippen LogP contribution is -2.57. The van der Waals surface area contributed by atoms with Gasteiger partial charge >= 0.3 is 0 Å². The average Bonchev–Trinajstić information content (AvgIpc) is 2.70. The Hall–Kier alpha value is -2.53. The Labute approximate surface area is 192 Å². The second kappa shape index (κ2) is 11.8. The van der Waals surface area contributed by atoms with Crippen LogP contribution in [0.15, 0.2) is 40.8 Å². The van der Waals surface area contributed by atoms with Crippen molar-refractivity contribution < 1.29 is 14.6 Å². The van der Waals surface area contributed by atoms with Crippen molar-refractivity contribution in [1.82, 2.24) is 4.90 Å². The van der Waals surface area contributed by atoms with Crippen LogP contribution in [0.3, 0.4) is 0 Å². The van der Waals surface area contributed by atoms with Crippen molar-refractivity contribution in [3.63, 3.8) is 0 Å². The molecule has 1 aliphatic heterocycles. The van der Waals surface area contributed by atoms with Crippen LogP contribution in [0.2, 0.25) is 0 Å². The van der Waals surface area contributed by atoms with Crippen molar-refractivity contribution in [2.75, 3.05) is 18.1 Å². The molecule has 8 N–H and O–H groups in total. The van der Waals surface area contributed by atoms with Crippen LogP contribution in [0.5, 0.6) is 5.75 Å². The van der Waals surface area contributed by atoms with Crippen LogP contribution in [0, 0.1) is 5.41 Å². The Balaban J connectivity index is 0.00000480. The third-order valence-electron chi connectivity index (χ3n) is 4.34. The molecular weight excluding hydrogens is 445 g/mol. The number of rotatable bonds is 8. The summed E-state index contributed by atoms with van der Waals surface area (Å²) in [6, 6.07) is 7.04. The summed E-state index contributed by atoms with van der Waals surface area (Å²) >= 11 is 6.08. The maximum atomic E-state index is 11.7. The number of anilines is 1. The van der Waals surface area contributed by atoms with Crippen molar-refractivity contribution >= 4 is 46.7 Å². The van der Waals surface area contributed by atoms with Gasteiger partial charge in [-0.25, -0.2) is 4.99 Å². The molecular formula is C19H29Cl2N7O3. The first kappa shape index (κ1) is 26.5. The smallest absolute Gasteiger partial charge is 0.271 e. The Kier molecular flexibility index (Phi) is 10.0. The van der Waals surface area contributed by atoms with Crippen molar-refractivity contribution in [2.24, 2.45) is 22.2 Å². The van der Waals surface area contributed by atoms with Gasteiger partial charge in [-0.05, 0) is 37.6 Å². The first-order valence-electron chi connectivity index (χ1n) is 9.52. The molecule has 31 heavy (non-hydrogen) atoms. The number of carbonyl (C=O) groups excluding carboxylic acids is 1. The number of unbranched alkanes of at least 4 members (excludes halogenated alkanes) is 1. The molecule has 2 unspecified atom stereocenters. The standard InChI is InChI=1S/C19H28ClN7O3.ClH/c1-3-4-9-26(12-5-7-13(8-6-12)30-10-11(2)28)19(24)27-16(21)14(18(23)29)25-15(20)17(27)22;/h5-8,11,17,24,28H,3-4,9-10,21-22H2,1-2H3,(H2,23,29);1H. The van der Waals surface area contributed by atoms with E-state index in [1.54, 1.807) is 36.1 Å². The number of halogens is 2. The van der Waals surface area contributed by atoms with E-state index in [9.17, 15) is 9.90 Å². The van der Waals surface area contributed by atoms with E-state index in [0.29, 0.717) is 18.0 Å². The zero-order chi connectivity index (χ0) is 22.4. The highest BCUT2D eigenvalue weighted by atomic mass is 35.5. The van der Waals surface area contributed by atoms with Gasteiger partial charge in [0.15, 0.2) is 5.70 Å². The zero-order valence-electron chi connectivity index (χ0n) is 17.4. The van der Waals surface area contributed by atoms with Crippen LogP contribution in [-0.2, 0) is 4.79 Å². The molecule has 2 atom stereocenters. The number of amides is 1. The predicted molar refractivity (Wildman–Crippen MR) is 124 cm³/mol. The summed E-state index contributed by atoms with van der Waals surface area (Å²) in [5.74, 6) is -0.488. The van der Waals surface area contributed by atoms with E-state index in [4.69, 9.17) is 38.9 Å². The highest BCUT2D eigenvalue weighted by molar-refractivity contribution is 6.67. The average molecular weight is 474 g/mol. The molecule has 0 radical (unpaired) electrons. The van der Waals surface area contributed by atoms with Gasteiger partial charge in [0, 0.05) is 12.2 Å². The molecule has 0 aromatic heterocycles.